The first kappa shape index (κ1) is 17.8. The van der Waals surface area contributed by atoms with Gasteiger partial charge in [-0.25, -0.2) is 9.93 Å². The summed E-state index contributed by atoms with van der Waals surface area (Å²) in [5.41, 5.74) is 0.104. The molecule has 1 saturated heterocycles. The van der Waals surface area contributed by atoms with Gasteiger partial charge in [-0.2, -0.15) is 13.7 Å². The number of likely N-dealkylation sites (tertiary alicyclic amines) is 1. The molecule has 0 unspecified atom stereocenters. The summed E-state index contributed by atoms with van der Waals surface area (Å²) in [5, 5.41) is 23.1. The van der Waals surface area contributed by atoms with Gasteiger partial charge in [0.05, 0.1) is 12.3 Å². The molecule has 1 aliphatic rings. The van der Waals surface area contributed by atoms with E-state index in [2.05, 4.69) is 4.72 Å². The van der Waals surface area contributed by atoms with Gasteiger partial charge < -0.3 is 14.7 Å². The van der Waals surface area contributed by atoms with Gasteiger partial charge in [0.2, 0.25) is 0 Å². The van der Waals surface area contributed by atoms with Crippen LogP contribution in [-0.4, -0.2) is 44.2 Å². The van der Waals surface area contributed by atoms with E-state index in [1.165, 1.54) is 11.0 Å². The Hall–Kier alpha value is -2.51. The van der Waals surface area contributed by atoms with Crippen molar-refractivity contribution in [2.24, 2.45) is 11.1 Å². The van der Waals surface area contributed by atoms with E-state index in [-0.39, 0.29) is 22.9 Å². The van der Waals surface area contributed by atoms with Crippen molar-refractivity contribution < 1.29 is 23.1 Å². The summed E-state index contributed by atoms with van der Waals surface area (Å²) in [6.45, 7) is 1.21. The van der Waals surface area contributed by atoms with Crippen LogP contribution < -0.4 is 14.6 Å². The maximum absolute atomic E-state index is 11.1. The Morgan fingerprint density at radius 2 is 2.12 bits per heavy atom. The van der Waals surface area contributed by atoms with Crippen LogP contribution in [0.2, 0.25) is 0 Å². The SMILES string of the molecule is N#Cc1c(NS(N)(=O)=O)cccc1OCC1CCN(C(=O)O)CC1. The quantitative estimate of drug-likeness (QED) is 0.717. The molecule has 1 amide bonds. The topological polar surface area (TPSA) is 146 Å². The van der Waals surface area contributed by atoms with E-state index in [0.717, 1.165) is 0 Å². The number of nitriles is 1. The zero-order valence-electron chi connectivity index (χ0n) is 12.8. The Morgan fingerprint density at radius 3 is 2.67 bits per heavy atom. The molecule has 2 rings (SSSR count). The Morgan fingerprint density at radius 1 is 1.46 bits per heavy atom. The van der Waals surface area contributed by atoms with E-state index in [0.29, 0.717) is 32.5 Å². The average molecular weight is 354 g/mol. The summed E-state index contributed by atoms with van der Waals surface area (Å²) in [6, 6.07) is 6.44. The summed E-state index contributed by atoms with van der Waals surface area (Å²) >= 11 is 0. The molecule has 1 aromatic carbocycles. The second-order valence-electron chi connectivity index (χ2n) is 5.46. The minimum absolute atomic E-state index is 0.0505. The van der Waals surface area contributed by atoms with Crippen molar-refractivity contribution >= 4 is 22.0 Å². The van der Waals surface area contributed by atoms with Crippen LogP contribution in [-0.2, 0) is 10.2 Å². The molecule has 0 saturated carbocycles. The molecule has 9 nitrogen and oxygen atoms in total. The molecule has 1 aliphatic heterocycles. The van der Waals surface area contributed by atoms with Gasteiger partial charge in [-0.15, -0.1) is 0 Å². The Balaban J connectivity index is 2.02. The number of hydrogen-bond donors (Lipinski definition) is 3. The third kappa shape index (κ3) is 4.74. The third-order valence-electron chi connectivity index (χ3n) is 3.75. The van der Waals surface area contributed by atoms with Crippen molar-refractivity contribution in [3.63, 3.8) is 0 Å². The highest BCUT2D eigenvalue weighted by Crippen LogP contribution is 2.27. The lowest BCUT2D eigenvalue weighted by Gasteiger charge is -2.29. The minimum atomic E-state index is -3.99. The molecule has 10 heteroatoms. The fourth-order valence-corrected chi connectivity index (χ4v) is 2.98. The van der Waals surface area contributed by atoms with E-state index in [1.807, 2.05) is 6.07 Å². The van der Waals surface area contributed by atoms with Crippen molar-refractivity contribution in [1.29, 1.82) is 5.26 Å². The lowest BCUT2D eigenvalue weighted by molar-refractivity contribution is 0.111. The highest BCUT2D eigenvalue weighted by atomic mass is 32.2. The number of nitrogens with zero attached hydrogens (tertiary/aromatic N) is 2. The van der Waals surface area contributed by atoms with Crippen LogP contribution in [0.4, 0.5) is 10.5 Å². The second-order valence-corrected chi connectivity index (χ2v) is 6.76. The average Bonchev–Trinajstić information content (AvgIpc) is 2.52. The molecular formula is C14H18N4O5S. The molecule has 130 valence electrons. The largest absolute Gasteiger partial charge is 0.492 e. The number of amides is 1. The lowest BCUT2D eigenvalue weighted by atomic mass is 9.98. The van der Waals surface area contributed by atoms with E-state index in [4.69, 9.17) is 15.0 Å². The molecule has 1 fully saturated rings. The first-order chi connectivity index (χ1) is 11.3. The number of nitrogens with two attached hydrogens (primary N) is 1. The first-order valence-corrected chi connectivity index (χ1v) is 8.79. The van der Waals surface area contributed by atoms with Crippen LogP contribution in [0.3, 0.4) is 0 Å². The van der Waals surface area contributed by atoms with Gasteiger partial charge >= 0.3 is 6.09 Å². The number of carbonyl (C=O) groups is 1. The van der Waals surface area contributed by atoms with Gasteiger partial charge in [0, 0.05) is 13.1 Å². The molecule has 4 N–H and O–H groups in total. The summed E-state index contributed by atoms with van der Waals surface area (Å²) in [4.78, 5) is 12.2. The zero-order valence-corrected chi connectivity index (χ0v) is 13.6. The fourth-order valence-electron chi connectivity index (χ4n) is 2.50. The van der Waals surface area contributed by atoms with E-state index in [1.54, 1.807) is 12.1 Å². The number of anilines is 1. The molecule has 0 atom stereocenters. The van der Waals surface area contributed by atoms with Crippen molar-refractivity contribution in [3.8, 4) is 11.8 Å². The monoisotopic (exact) mass is 354 g/mol. The van der Waals surface area contributed by atoms with E-state index >= 15 is 0 Å². The molecule has 1 heterocycles. The molecule has 0 aliphatic carbocycles. The van der Waals surface area contributed by atoms with Gasteiger partial charge in [0.15, 0.2) is 0 Å². The van der Waals surface area contributed by atoms with Crippen molar-refractivity contribution in [1.82, 2.24) is 4.90 Å². The van der Waals surface area contributed by atoms with Gasteiger partial charge in [-0.05, 0) is 30.9 Å². The molecule has 0 spiro atoms. The number of carboxylic acid groups (broad SMARTS) is 1. The number of piperidine rings is 1. The maximum atomic E-state index is 11.1. The predicted molar refractivity (Wildman–Crippen MR) is 85.7 cm³/mol. The van der Waals surface area contributed by atoms with Crippen molar-refractivity contribution in [2.45, 2.75) is 12.8 Å². The van der Waals surface area contributed by atoms with E-state index < -0.39 is 16.3 Å². The van der Waals surface area contributed by atoms with Crippen LogP contribution in [0, 0.1) is 17.2 Å². The Bertz CT molecular complexity index is 751. The number of ether oxygens (including phenoxy) is 1. The molecule has 0 bridgehead atoms. The Kier molecular flexibility index (Phi) is 5.48. The van der Waals surface area contributed by atoms with E-state index in [9.17, 15) is 18.5 Å². The summed E-state index contributed by atoms with van der Waals surface area (Å²) in [5.74, 6) is 0.425. The van der Waals surface area contributed by atoms with Crippen LogP contribution in [0.5, 0.6) is 5.75 Å². The maximum Gasteiger partial charge on any atom is 0.407 e. The first-order valence-electron chi connectivity index (χ1n) is 7.24. The van der Waals surface area contributed by atoms with Gasteiger partial charge in [0.25, 0.3) is 10.2 Å². The van der Waals surface area contributed by atoms with Gasteiger partial charge in [-0.3, -0.25) is 4.72 Å². The number of hydrogen-bond acceptors (Lipinski definition) is 5. The lowest BCUT2D eigenvalue weighted by Crippen LogP contribution is -2.38. The molecule has 0 aromatic heterocycles. The summed E-state index contributed by atoms with van der Waals surface area (Å²) in [7, 11) is -3.99. The minimum Gasteiger partial charge on any atom is -0.492 e. The Labute approximate surface area is 139 Å². The van der Waals surface area contributed by atoms with Crippen molar-refractivity contribution in [2.75, 3.05) is 24.4 Å². The van der Waals surface area contributed by atoms with Crippen LogP contribution in [0.1, 0.15) is 18.4 Å². The molecule has 24 heavy (non-hydrogen) atoms. The standard InChI is InChI=1S/C14H18N4O5S/c15-8-11-12(17-24(16,21)22)2-1-3-13(11)23-9-10-4-6-18(7-5-10)14(19)20/h1-3,10,17H,4-7,9H2,(H,19,20)(H2,16,21,22). The summed E-state index contributed by atoms with van der Waals surface area (Å²) in [6.07, 6.45) is 0.412. The van der Waals surface area contributed by atoms with Crippen LogP contribution in [0.25, 0.3) is 0 Å². The molecular weight excluding hydrogens is 336 g/mol. The predicted octanol–water partition coefficient (Wildman–Crippen LogP) is 0.942. The van der Waals surface area contributed by atoms with Gasteiger partial charge in [-0.1, -0.05) is 6.07 Å². The van der Waals surface area contributed by atoms with Gasteiger partial charge in [0.1, 0.15) is 17.4 Å². The summed E-state index contributed by atoms with van der Waals surface area (Å²) < 4.78 is 30.0. The highest BCUT2D eigenvalue weighted by Gasteiger charge is 2.23. The van der Waals surface area contributed by atoms with Crippen molar-refractivity contribution in [3.05, 3.63) is 23.8 Å². The third-order valence-corrected chi connectivity index (χ3v) is 4.25. The van der Waals surface area contributed by atoms with Crippen LogP contribution in [0.15, 0.2) is 18.2 Å². The second kappa shape index (κ2) is 7.37. The normalized spacial score (nSPS) is 15.6. The number of nitrogens with one attached hydrogen (secondary N) is 1. The smallest absolute Gasteiger partial charge is 0.407 e. The number of rotatable bonds is 5. The molecule has 0 radical (unpaired) electrons. The molecule has 1 aromatic rings. The zero-order chi connectivity index (χ0) is 17.7. The fraction of sp³-hybridized carbons (Fsp3) is 0.429. The highest BCUT2D eigenvalue weighted by molar-refractivity contribution is 7.90. The van der Waals surface area contributed by atoms with Crippen LogP contribution >= 0.6 is 0 Å². The number of benzene rings is 1.